The number of benzene rings is 2. The Bertz CT molecular complexity index is 1270. The van der Waals surface area contributed by atoms with Crippen molar-refractivity contribution < 1.29 is 18.3 Å². The Labute approximate surface area is 204 Å². The lowest BCUT2D eigenvalue weighted by molar-refractivity contribution is 0.288. The fraction of sp³-hybridized carbons (Fsp3) is 0.333. The van der Waals surface area contributed by atoms with Crippen LogP contribution in [0.4, 0.5) is 5.13 Å². The van der Waals surface area contributed by atoms with Crippen LogP contribution in [-0.2, 0) is 10.0 Å². The van der Waals surface area contributed by atoms with Gasteiger partial charge in [0.2, 0.25) is 15.2 Å². The van der Waals surface area contributed by atoms with Crippen molar-refractivity contribution in [3.63, 3.8) is 0 Å². The number of anilines is 1. The number of hydrazone groups is 1. The zero-order chi connectivity index (χ0) is 24.1. The normalized spacial score (nSPS) is 15.6. The average Bonchev–Trinajstić information content (AvgIpc) is 3.31. The number of thiazole rings is 1. The lowest BCUT2D eigenvalue weighted by atomic mass is 10.0. The Hall–Kier alpha value is -2.95. The molecule has 2 N–H and O–H groups in total. The van der Waals surface area contributed by atoms with E-state index in [1.54, 1.807) is 46.9 Å². The number of nitrogens with one attached hydrogen (secondary N) is 1. The van der Waals surface area contributed by atoms with E-state index in [4.69, 9.17) is 4.74 Å². The van der Waals surface area contributed by atoms with E-state index in [1.165, 1.54) is 11.3 Å². The van der Waals surface area contributed by atoms with Crippen molar-refractivity contribution in [3.05, 3.63) is 53.4 Å². The van der Waals surface area contributed by atoms with Crippen LogP contribution in [0.3, 0.4) is 0 Å². The van der Waals surface area contributed by atoms with Crippen LogP contribution in [0.15, 0.2) is 57.8 Å². The van der Waals surface area contributed by atoms with Gasteiger partial charge in [-0.3, -0.25) is 5.43 Å². The van der Waals surface area contributed by atoms with E-state index in [2.05, 4.69) is 22.4 Å². The van der Waals surface area contributed by atoms with Gasteiger partial charge < -0.3 is 9.84 Å². The van der Waals surface area contributed by atoms with E-state index < -0.39 is 10.0 Å². The summed E-state index contributed by atoms with van der Waals surface area (Å²) in [5.74, 6) is 1.04. The maximum absolute atomic E-state index is 13.1. The third-order valence-electron chi connectivity index (χ3n) is 5.67. The molecule has 0 aliphatic carbocycles. The first-order chi connectivity index (χ1) is 16.4. The largest absolute Gasteiger partial charge is 0.504 e. The molecule has 1 saturated heterocycles. The summed E-state index contributed by atoms with van der Waals surface area (Å²) in [7, 11) is -3.52. The number of piperidine rings is 1. The molecule has 0 spiro atoms. The van der Waals surface area contributed by atoms with E-state index in [0.717, 1.165) is 24.0 Å². The van der Waals surface area contributed by atoms with E-state index in [-0.39, 0.29) is 10.6 Å². The minimum absolute atomic E-state index is 0.0793. The number of hydrogen-bond acceptors (Lipinski definition) is 8. The van der Waals surface area contributed by atoms with Crippen molar-refractivity contribution in [2.24, 2.45) is 11.0 Å². The smallest absolute Gasteiger partial charge is 0.243 e. The topological polar surface area (TPSA) is 104 Å². The number of hydrogen-bond donors (Lipinski definition) is 2. The molecule has 0 unspecified atom stereocenters. The number of nitrogens with zero attached hydrogens (tertiary/aromatic N) is 3. The highest BCUT2D eigenvalue weighted by Gasteiger charge is 2.28. The molecule has 2 heterocycles. The van der Waals surface area contributed by atoms with Gasteiger partial charge in [-0.1, -0.05) is 19.1 Å². The summed E-state index contributed by atoms with van der Waals surface area (Å²) in [6, 6.07) is 11.9. The monoisotopic (exact) mass is 500 g/mol. The summed E-state index contributed by atoms with van der Waals surface area (Å²) in [6.07, 6.45) is 3.38. The van der Waals surface area contributed by atoms with Crippen LogP contribution in [0, 0.1) is 5.92 Å². The minimum atomic E-state index is -3.52. The van der Waals surface area contributed by atoms with Crippen LogP contribution in [0.2, 0.25) is 0 Å². The molecule has 1 aromatic heterocycles. The summed E-state index contributed by atoms with van der Waals surface area (Å²) < 4.78 is 33.2. The average molecular weight is 501 g/mol. The second kappa shape index (κ2) is 10.5. The van der Waals surface area contributed by atoms with Crippen molar-refractivity contribution in [2.45, 2.75) is 31.6 Å². The summed E-state index contributed by atoms with van der Waals surface area (Å²) in [5.41, 5.74) is 5.07. The molecular formula is C24H28N4O4S2. The standard InChI is InChI=1S/C24H28N4O4S2/c1-3-32-23-13-18(7-8-22(23)29)15-25-27-24-26-21(16-33-24)19-5-4-6-20(14-19)34(30,31)28-11-9-17(2)10-12-28/h4-8,13-17,29H,3,9-12H2,1-2H3,(H,26,27). The predicted molar refractivity (Wildman–Crippen MR) is 135 cm³/mol. The van der Waals surface area contributed by atoms with Gasteiger partial charge in [0.15, 0.2) is 11.5 Å². The first kappa shape index (κ1) is 24.2. The molecule has 1 aliphatic heterocycles. The molecule has 1 fully saturated rings. The maximum Gasteiger partial charge on any atom is 0.243 e. The van der Waals surface area contributed by atoms with Gasteiger partial charge in [0.1, 0.15) is 0 Å². The number of phenols is 1. The summed E-state index contributed by atoms with van der Waals surface area (Å²) in [6.45, 7) is 5.58. The molecule has 8 nitrogen and oxygen atoms in total. The quantitative estimate of drug-likeness (QED) is 0.341. The summed E-state index contributed by atoms with van der Waals surface area (Å²) >= 11 is 1.37. The van der Waals surface area contributed by atoms with Crippen molar-refractivity contribution in [2.75, 3.05) is 25.1 Å². The fourth-order valence-electron chi connectivity index (χ4n) is 3.69. The van der Waals surface area contributed by atoms with Crippen molar-refractivity contribution in [1.29, 1.82) is 0 Å². The Kier molecular flexibility index (Phi) is 7.50. The van der Waals surface area contributed by atoms with Gasteiger partial charge in [-0.15, -0.1) is 11.3 Å². The number of ether oxygens (including phenoxy) is 1. The Morgan fingerprint density at radius 2 is 2.06 bits per heavy atom. The van der Waals surface area contributed by atoms with Gasteiger partial charge in [0, 0.05) is 24.0 Å². The number of rotatable bonds is 8. The van der Waals surface area contributed by atoms with Crippen molar-refractivity contribution in [1.82, 2.24) is 9.29 Å². The lowest BCUT2D eigenvalue weighted by Crippen LogP contribution is -2.37. The lowest BCUT2D eigenvalue weighted by Gasteiger charge is -2.29. The highest BCUT2D eigenvalue weighted by Crippen LogP contribution is 2.29. The molecular weight excluding hydrogens is 472 g/mol. The van der Waals surface area contributed by atoms with Gasteiger partial charge >= 0.3 is 0 Å². The molecule has 2 aromatic carbocycles. The Morgan fingerprint density at radius 3 is 2.82 bits per heavy atom. The molecule has 0 saturated carbocycles. The number of aromatic nitrogens is 1. The third-order valence-corrected chi connectivity index (χ3v) is 8.31. The van der Waals surface area contributed by atoms with E-state index in [1.807, 2.05) is 18.4 Å². The Morgan fingerprint density at radius 1 is 1.26 bits per heavy atom. The van der Waals surface area contributed by atoms with Crippen LogP contribution in [0.25, 0.3) is 11.3 Å². The van der Waals surface area contributed by atoms with E-state index in [0.29, 0.717) is 42.2 Å². The van der Waals surface area contributed by atoms with Gasteiger partial charge in [-0.05, 0) is 61.6 Å². The Balaban J connectivity index is 1.45. The number of aromatic hydroxyl groups is 1. The van der Waals surface area contributed by atoms with Crippen LogP contribution < -0.4 is 10.2 Å². The van der Waals surface area contributed by atoms with Crippen LogP contribution in [-0.4, -0.2) is 48.7 Å². The first-order valence-electron chi connectivity index (χ1n) is 11.2. The molecule has 0 atom stereocenters. The third kappa shape index (κ3) is 5.57. The van der Waals surface area contributed by atoms with Crippen molar-refractivity contribution >= 4 is 32.7 Å². The van der Waals surface area contributed by atoms with Crippen LogP contribution >= 0.6 is 11.3 Å². The molecule has 1 aliphatic rings. The van der Waals surface area contributed by atoms with E-state index in [9.17, 15) is 13.5 Å². The van der Waals surface area contributed by atoms with E-state index >= 15 is 0 Å². The highest BCUT2D eigenvalue weighted by molar-refractivity contribution is 7.89. The molecule has 3 aromatic rings. The zero-order valence-corrected chi connectivity index (χ0v) is 20.8. The van der Waals surface area contributed by atoms with Gasteiger partial charge in [-0.2, -0.15) is 9.41 Å². The van der Waals surface area contributed by atoms with Gasteiger partial charge in [-0.25, -0.2) is 13.4 Å². The zero-order valence-electron chi connectivity index (χ0n) is 19.1. The molecule has 4 rings (SSSR count). The molecule has 0 radical (unpaired) electrons. The SMILES string of the molecule is CCOc1cc(C=NNc2nc(-c3cccc(S(=O)(=O)N4CCC(C)CC4)c3)cs2)ccc1O. The number of phenolic OH excluding ortho intramolecular Hbond substituents is 1. The van der Waals surface area contributed by atoms with Crippen LogP contribution in [0.5, 0.6) is 11.5 Å². The summed E-state index contributed by atoms with van der Waals surface area (Å²) in [4.78, 5) is 4.83. The van der Waals surface area contributed by atoms with Gasteiger partial charge in [0.25, 0.3) is 0 Å². The molecule has 34 heavy (non-hydrogen) atoms. The highest BCUT2D eigenvalue weighted by atomic mass is 32.2. The number of sulfonamides is 1. The minimum Gasteiger partial charge on any atom is -0.504 e. The molecule has 0 amide bonds. The molecule has 10 heteroatoms. The predicted octanol–water partition coefficient (Wildman–Crippen LogP) is 4.78. The van der Waals surface area contributed by atoms with Crippen molar-refractivity contribution in [3.8, 4) is 22.8 Å². The molecule has 180 valence electrons. The maximum atomic E-state index is 13.1. The summed E-state index contributed by atoms with van der Waals surface area (Å²) in [5, 5.41) is 16.4. The second-order valence-electron chi connectivity index (χ2n) is 8.18. The molecule has 0 bridgehead atoms. The van der Waals surface area contributed by atoms with Gasteiger partial charge in [0.05, 0.1) is 23.4 Å². The van der Waals surface area contributed by atoms with Crippen LogP contribution in [0.1, 0.15) is 32.3 Å². The first-order valence-corrected chi connectivity index (χ1v) is 13.5. The second-order valence-corrected chi connectivity index (χ2v) is 11.0. The fourth-order valence-corrected chi connectivity index (χ4v) is 5.88.